The van der Waals surface area contributed by atoms with Crippen LogP contribution >= 0.6 is 0 Å². The molecule has 0 saturated heterocycles. The maximum Gasteiger partial charge on any atom is 0.272 e. The molecule has 0 fully saturated rings. The van der Waals surface area contributed by atoms with E-state index in [2.05, 4.69) is 10.6 Å². The van der Waals surface area contributed by atoms with Gasteiger partial charge in [-0.1, -0.05) is 42.5 Å². The first-order valence-electron chi connectivity index (χ1n) is 9.45. The van der Waals surface area contributed by atoms with Crippen LogP contribution in [0.3, 0.4) is 0 Å². The highest BCUT2D eigenvalue weighted by Crippen LogP contribution is 2.33. The van der Waals surface area contributed by atoms with Crippen LogP contribution in [0.15, 0.2) is 78.5 Å². The first-order chi connectivity index (χ1) is 14.6. The van der Waals surface area contributed by atoms with Gasteiger partial charge in [-0.2, -0.15) is 0 Å². The fourth-order valence-corrected chi connectivity index (χ4v) is 3.07. The van der Waals surface area contributed by atoms with Gasteiger partial charge < -0.3 is 20.1 Å². The van der Waals surface area contributed by atoms with Crippen molar-refractivity contribution < 1.29 is 19.1 Å². The Bertz CT molecular complexity index is 1120. The average molecular weight is 400 g/mol. The van der Waals surface area contributed by atoms with Crippen molar-refractivity contribution in [1.82, 2.24) is 5.32 Å². The highest BCUT2D eigenvalue weighted by Gasteiger charge is 2.18. The van der Waals surface area contributed by atoms with Crippen molar-refractivity contribution >= 4 is 23.6 Å². The van der Waals surface area contributed by atoms with Gasteiger partial charge in [0.15, 0.2) is 11.5 Å². The Morgan fingerprint density at radius 1 is 0.900 bits per heavy atom. The molecule has 0 unspecified atom stereocenters. The molecule has 3 aromatic rings. The van der Waals surface area contributed by atoms with E-state index in [1.54, 1.807) is 48.5 Å². The number of amides is 2. The first kappa shape index (κ1) is 19.3. The Kier molecular flexibility index (Phi) is 5.48. The van der Waals surface area contributed by atoms with Crippen LogP contribution in [0.4, 0.5) is 5.69 Å². The molecule has 1 aliphatic heterocycles. The quantitative estimate of drug-likeness (QED) is 0.632. The van der Waals surface area contributed by atoms with E-state index in [1.165, 1.54) is 0 Å². The largest absolute Gasteiger partial charge is 0.454 e. The molecule has 1 aliphatic rings. The second kappa shape index (κ2) is 8.53. The lowest BCUT2D eigenvalue weighted by Crippen LogP contribution is -2.31. The molecule has 6 nitrogen and oxygen atoms in total. The standard InChI is InChI=1S/C24H20N2O4/c1-16-7-5-6-10-19(16)23(27)26-20(24(28)25-18-8-3-2-4-9-18)13-17-11-12-21-22(14-17)30-15-29-21/h2-14H,15H2,1H3,(H,25,28)(H,26,27)/b20-13+. The molecule has 150 valence electrons. The van der Waals surface area contributed by atoms with Gasteiger partial charge in [0.2, 0.25) is 6.79 Å². The maximum absolute atomic E-state index is 13.0. The van der Waals surface area contributed by atoms with Crippen molar-refractivity contribution in [3.05, 3.63) is 95.2 Å². The maximum atomic E-state index is 13.0. The van der Waals surface area contributed by atoms with Crippen molar-refractivity contribution in [1.29, 1.82) is 0 Å². The molecule has 2 amide bonds. The second-order valence-electron chi connectivity index (χ2n) is 6.76. The lowest BCUT2D eigenvalue weighted by Gasteiger charge is -2.12. The Morgan fingerprint density at radius 2 is 1.63 bits per heavy atom. The van der Waals surface area contributed by atoms with Crippen LogP contribution in [0.5, 0.6) is 11.5 Å². The molecule has 0 aromatic heterocycles. The number of aryl methyl sites for hydroxylation is 1. The number of carbonyl (C=O) groups excluding carboxylic acids is 2. The van der Waals surface area contributed by atoms with Crippen LogP contribution in [0.25, 0.3) is 6.08 Å². The molecule has 3 aromatic carbocycles. The minimum absolute atomic E-state index is 0.117. The number of hydrogen-bond donors (Lipinski definition) is 2. The number of hydrogen-bond acceptors (Lipinski definition) is 4. The molecule has 0 aliphatic carbocycles. The molecule has 0 spiro atoms. The monoisotopic (exact) mass is 400 g/mol. The number of carbonyl (C=O) groups is 2. The van der Waals surface area contributed by atoms with E-state index >= 15 is 0 Å². The van der Waals surface area contributed by atoms with E-state index in [0.717, 1.165) is 5.56 Å². The van der Waals surface area contributed by atoms with Gasteiger partial charge in [-0.25, -0.2) is 0 Å². The molecule has 0 atom stereocenters. The number of para-hydroxylation sites is 1. The fourth-order valence-electron chi connectivity index (χ4n) is 3.07. The number of fused-ring (bicyclic) bond motifs is 1. The summed E-state index contributed by atoms with van der Waals surface area (Å²) in [6.07, 6.45) is 1.61. The minimum atomic E-state index is -0.430. The zero-order chi connectivity index (χ0) is 20.9. The summed E-state index contributed by atoms with van der Waals surface area (Å²) in [5.74, 6) is 0.451. The smallest absolute Gasteiger partial charge is 0.272 e. The van der Waals surface area contributed by atoms with Crippen LogP contribution < -0.4 is 20.1 Å². The molecule has 0 radical (unpaired) electrons. The molecule has 30 heavy (non-hydrogen) atoms. The van der Waals surface area contributed by atoms with Crippen molar-refractivity contribution in [2.75, 3.05) is 12.1 Å². The summed E-state index contributed by atoms with van der Waals surface area (Å²) >= 11 is 0. The van der Waals surface area contributed by atoms with Crippen molar-refractivity contribution in [3.8, 4) is 11.5 Å². The summed E-state index contributed by atoms with van der Waals surface area (Å²) in [5, 5.41) is 5.56. The zero-order valence-electron chi connectivity index (χ0n) is 16.3. The highest BCUT2D eigenvalue weighted by atomic mass is 16.7. The first-order valence-corrected chi connectivity index (χ1v) is 9.45. The fraction of sp³-hybridized carbons (Fsp3) is 0.0833. The molecular weight excluding hydrogens is 380 g/mol. The van der Waals surface area contributed by atoms with Gasteiger partial charge in [-0.05, 0) is 54.5 Å². The molecule has 0 bridgehead atoms. The zero-order valence-corrected chi connectivity index (χ0v) is 16.3. The summed E-state index contributed by atoms with van der Waals surface area (Å²) in [7, 11) is 0. The Balaban J connectivity index is 1.64. The Labute approximate surface area is 174 Å². The van der Waals surface area contributed by atoms with Crippen LogP contribution in [0.2, 0.25) is 0 Å². The number of anilines is 1. The molecule has 6 heteroatoms. The third-order valence-corrected chi connectivity index (χ3v) is 4.62. The number of rotatable bonds is 5. The van der Waals surface area contributed by atoms with Crippen LogP contribution in [0, 0.1) is 6.92 Å². The number of nitrogens with one attached hydrogen (secondary N) is 2. The van der Waals surface area contributed by atoms with Gasteiger partial charge in [0, 0.05) is 11.3 Å². The Morgan fingerprint density at radius 3 is 2.43 bits per heavy atom. The summed E-state index contributed by atoms with van der Waals surface area (Å²) < 4.78 is 10.7. The third-order valence-electron chi connectivity index (χ3n) is 4.62. The van der Waals surface area contributed by atoms with Gasteiger partial charge in [0.1, 0.15) is 5.70 Å². The highest BCUT2D eigenvalue weighted by molar-refractivity contribution is 6.10. The van der Waals surface area contributed by atoms with Gasteiger partial charge >= 0.3 is 0 Å². The minimum Gasteiger partial charge on any atom is -0.454 e. The molecular formula is C24H20N2O4. The Hall–Kier alpha value is -4.06. The van der Waals surface area contributed by atoms with Crippen molar-refractivity contribution in [3.63, 3.8) is 0 Å². The summed E-state index contributed by atoms with van der Waals surface area (Å²) in [5.41, 5.74) is 2.76. The van der Waals surface area contributed by atoms with E-state index in [-0.39, 0.29) is 18.4 Å². The van der Waals surface area contributed by atoms with Gasteiger partial charge in [0.25, 0.3) is 11.8 Å². The van der Waals surface area contributed by atoms with Crippen molar-refractivity contribution in [2.45, 2.75) is 6.92 Å². The summed E-state index contributed by atoms with van der Waals surface area (Å²) in [4.78, 5) is 25.8. The van der Waals surface area contributed by atoms with Crippen LogP contribution in [-0.4, -0.2) is 18.6 Å². The molecule has 1 heterocycles. The van der Waals surface area contributed by atoms with Crippen LogP contribution in [0.1, 0.15) is 21.5 Å². The van der Waals surface area contributed by atoms with Gasteiger partial charge in [-0.3, -0.25) is 9.59 Å². The summed E-state index contributed by atoms with van der Waals surface area (Å²) in [6, 6.07) is 21.6. The number of ether oxygens (including phenoxy) is 2. The van der Waals surface area contributed by atoms with E-state index in [0.29, 0.717) is 28.3 Å². The SMILES string of the molecule is Cc1ccccc1C(=O)N/C(=C/c1ccc2c(c1)OCO2)C(=O)Nc1ccccc1. The third kappa shape index (κ3) is 4.33. The molecule has 4 rings (SSSR count). The van der Waals surface area contributed by atoms with E-state index in [1.807, 2.05) is 37.3 Å². The normalized spacial score (nSPS) is 12.4. The van der Waals surface area contributed by atoms with Crippen LogP contribution in [-0.2, 0) is 4.79 Å². The lowest BCUT2D eigenvalue weighted by molar-refractivity contribution is -0.113. The van der Waals surface area contributed by atoms with E-state index < -0.39 is 5.91 Å². The van der Waals surface area contributed by atoms with E-state index in [4.69, 9.17) is 9.47 Å². The van der Waals surface area contributed by atoms with Gasteiger partial charge in [0.05, 0.1) is 0 Å². The molecule has 2 N–H and O–H groups in total. The van der Waals surface area contributed by atoms with Gasteiger partial charge in [-0.15, -0.1) is 0 Å². The average Bonchev–Trinajstić information content (AvgIpc) is 3.22. The summed E-state index contributed by atoms with van der Waals surface area (Å²) in [6.45, 7) is 2.01. The predicted octanol–water partition coefficient (Wildman–Crippen LogP) is 4.13. The van der Waals surface area contributed by atoms with E-state index in [9.17, 15) is 9.59 Å². The number of benzene rings is 3. The van der Waals surface area contributed by atoms with Crippen molar-refractivity contribution in [2.24, 2.45) is 0 Å². The second-order valence-corrected chi connectivity index (χ2v) is 6.76. The lowest BCUT2D eigenvalue weighted by atomic mass is 10.1. The topological polar surface area (TPSA) is 76.7 Å². The molecule has 0 saturated carbocycles. The predicted molar refractivity (Wildman–Crippen MR) is 114 cm³/mol.